The maximum Gasteiger partial charge on any atom is 0.410 e. The zero-order valence-corrected chi connectivity index (χ0v) is 12.2. The van der Waals surface area contributed by atoms with E-state index in [1.165, 1.54) is 5.56 Å². The van der Waals surface area contributed by atoms with Crippen molar-refractivity contribution in [3.8, 4) is 0 Å². The Balaban J connectivity index is 1.87. The van der Waals surface area contributed by atoms with Crippen LogP contribution in [-0.4, -0.2) is 39.5 Å². The van der Waals surface area contributed by atoms with Gasteiger partial charge >= 0.3 is 6.09 Å². The molecule has 0 atom stereocenters. The van der Waals surface area contributed by atoms with Crippen molar-refractivity contribution in [2.45, 2.75) is 45.1 Å². The van der Waals surface area contributed by atoms with Gasteiger partial charge in [-0.2, -0.15) is 5.10 Å². The Morgan fingerprint density at radius 2 is 2.00 bits per heavy atom. The molecule has 5 nitrogen and oxygen atoms in total. The molecule has 1 amide bonds. The van der Waals surface area contributed by atoms with Gasteiger partial charge in [0.05, 0.1) is 6.20 Å². The van der Waals surface area contributed by atoms with Gasteiger partial charge in [-0.25, -0.2) is 4.79 Å². The van der Waals surface area contributed by atoms with E-state index in [0.29, 0.717) is 5.92 Å². The molecule has 1 fully saturated rings. The molecular weight excluding hydrogens is 242 g/mol. The number of hydrogen-bond acceptors (Lipinski definition) is 3. The smallest absolute Gasteiger partial charge is 0.410 e. The standard InChI is InChI=1S/C14H23N3O2/c1-14(2,3)19-13(18)17-7-5-11(6-8-17)12-9-15-16(4)10-12/h9-11H,5-8H2,1-4H3. The summed E-state index contributed by atoms with van der Waals surface area (Å²) in [5.41, 5.74) is 0.850. The molecule has 106 valence electrons. The van der Waals surface area contributed by atoms with Gasteiger partial charge in [0.2, 0.25) is 0 Å². The monoisotopic (exact) mass is 265 g/mol. The summed E-state index contributed by atoms with van der Waals surface area (Å²) in [5.74, 6) is 0.507. The van der Waals surface area contributed by atoms with Crippen LogP contribution in [0.1, 0.15) is 45.1 Å². The third-order valence-electron chi connectivity index (χ3n) is 3.34. The number of hydrogen-bond donors (Lipinski definition) is 0. The number of piperidine rings is 1. The number of carbonyl (C=O) groups is 1. The molecule has 2 rings (SSSR count). The van der Waals surface area contributed by atoms with Crippen LogP contribution >= 0.6 is 0 Å². The fraction of sp³-hybridized carbons (Fsp3) is 0.714. The van der Waals surface area contributed by atoms with Crippen molar-refractivity contribution < 1.29 is 9.53 Å². The van der Waals surface area contributed by atoms with E-state index < -0.39 is 5.60 Å². The molecule has 0 aliphatic carbocycles. The van der Waals surface area contributed by atoms with Crippen LogP contribution in [0, 0.1) is 0 Å². The van der Waals surface area contributed by atoms with E-state index in [4.69, 9.17) is 4.74 Å². The third kappa shape index (κ3) is 3.72. The quantitative estimate of drug-likeness (QED) is 0.784. The first-order chi connectivity index (χ1) is 8.85. The van der Waals surface area contributed by atoms with Gasteiger partial charge in [0.25, 0.3) is 0 Å². The van der Waals surface area contributed by atoms with Gasteiger partial charge in [0, 0.05) is 26.3 Å². The third-order valence-corrected chi connectivity index (χ3v) is 3.34. The fourth-order valence-corrected chi connectivity index (χ4v) is 2.37. The number of nitrogens with zero attached hydrogens (tertiary/aromatic N) is 3. The van der Waals surface area contributed by atoms with Gasteiger partial charge in [0.1, 0.15) is 5.60 Å². The van der Waals surface area contributed by atoms with Crippen molar-refractivity contribution in [3.05, 3.63) is 18.0 Å². The lowest BCUT2D eigenvalue weighted by molar-refractivity contribution is 0.0205. The predicted molar refractivity (Wildman–Crippen MR) is 73.0 cm³/mol. The molecule has 19 heavy (non-hydrogen) atoms. The summed E-state index contributed by atoms with van der Waals surface area (Å²) >= 11 is 0. The van der Waals surface area contributed by atoms with Gasteiger partial charge in [-0.15, -0.1) is 0 Å². The fourth-order valence-electron chi connectivity index (χ4n) is 2.37. The van der Waals surface area contributed by atoms with E-state index in [9.17, 15) is 4.79 Å². The highest BCUT2D eigenvalue weighted by Gasteiger charge is 2.27. The Bertz CT molecular complexity index is 440. The van der Waals surface area contributed by atoms with E-state index in [1.807, 2.05) is 38.7 Å². The topological polar surface area (TPSA) is 47.4 Å². The summed E-state index contributed by atoms with van der Waals surface area (Å²) in [5, 5.41) is 4.21. The van der Waals surface area contributed by atoms with Gasteiger partial charge in [-0.05, 0) is 45.1 Å². The van der Waals surface area contributed by atoms with Crippen LogP contribution in [-0.2, 0) is 11.8 Å². The molecule has 1 aromatic heterocycles. The predicted octanol–water partition coefficient (Wildman–Crippen LogP) is 2.53. The molecule has 0 bridgehead atoms. The van der Waals surface area contributed by atoms with E-state index in [-0.39, 0.29) is 6.09 Å². The minimum Gasteiger partial charge on any atom is -0.444 e. The van der Waals surface area contributed by atoms with Gasteiger partial charge in [-0.3, -0.25) is 4.68 Å². The van der Waals surface area contributed by atoms with Gasteiger partial charge < -0.3 is 9.64 Å². The van der Waals surface area contributed by atoms with Gasteiger partial charge in [0.15, 0.2) is 0 Å². The Kier molecular flexibility index (Phi) is 3.83. The second-order valence-corrected chi connectivity index (χ2v) is 6.19. The highest BCUT2D eigenvalue weighted by atomic mass is 16.6. The minimum atomic E-state index is -0.419. The van der Waals surface area contributed by atoms with Crippen molar-refractivity contribution in [2.75, 3.05) is 13.1 Å². The molecule has 0 unspecified atom stereocenters. The average Bonchev–Trinajstić information content (AvgIpc) is 2.74. The normalized spacial score (nSPS) is 17.6. The molecule has 1 aliphatic rings. The largest absolute Gasteiger partial charge is 0.444 e. The molecule has 0 spiro atoms. The molecule has 0 radical (unpaired) electrons. The van der Waals surface area contributed by atoms with Crippen molar-refractivity contribution in [1.82, 2.24) is 14.7 Å². The second kappa shape index (κ2) is 5.23. The van der Waals surface area contributed by atoms with Crippen LogP contribution in [0.25, 0.3) is 0 Å². The number of aryl methyl sites for hydroxylation is 1. The zero-order chi connectivity index (χ0) is 14.0. The molecule has 0 saturated carbocycles. The first-order valence-corrected chi connectivity index (χ1v) is 6.81. The lowest BCUT2D eigenvalue weighted by atomic mass is 9.92. The Morgan fingerprint density at radius 1 is 1.37 bits per heavy atom. The summed E-state index contributed by atoms with van der Waals surface area (Å²) in [7, 11) is 1.93. The highest BCUT2D eigenvalue weighted by molar-refractivity contribution is 5.68. The van der Waals surface area contributed by atoms with Gasteiger partial charge in [-0.1, -0.05) is 0 Å². The number of carbonyl (C=O) groups excluding carboxylic acids is 1. The number of ether oxygens (including phenoxy) is 1. The Morgan fingerprint density at radius 3 is 2.47 bits per heavy atom. The molecule has 1 saturated heterocycles. The maximum absolute atomic E-state index is 11.9. The van der Waals surface area contributed by atoms with E-state index in [1.54, 1.807) is 4.90 Å². The first kappa shape index (κ1) is 13.9. The van der Waals surface area contributed by atoms with Crippen molar-refractivity contribution in [1.29, 1.82) is 0 Å². The van der Waals surface area contributed by atoms with Crippen LogP contribution in [0.15, 0.2) is 12.4 Å². The van der Waals surface area contributed by atoms with E-state index in [2.05, 4.69) is 11.3 Å². The Labute approximate surface area is 114 Å². The van der Waals surface area contributed by atoms with E-state index >= 15 is 0 Å². The molecular formula is C14H23N3O2. The summed E-state index contributed by atoms with van der Waals surface area (Å²) < 4.78 is 7.22. The summed E-state index contributed by atoms with van der Waals surface area (Å²) in [6.45, 7) is 7.21. The van der Waals surface area contributed by atoms with Crippen molar-refractivity contribution in [3.63, 3.8) is 0 Å². The number of aromatic nitrogens is 2. The number of amides is 1. The summed E-state index contributed by atoms with van der Waals surface area (Å²) in [6, 6.07) is 0. The number of rotatable bonds is 1. The minimum absolute atomic E-state index is 0.197. The Hall–Kier alpha value is -1.52. The number of likely N-dealkylation sites (tertiary alicyclic amines) is 1. The lowest BCUT2D eigenvalue weighted by Crippen LogP contribution is -2.41. The maximum atomic E-state index is 11.9. The summed E-state index contributed by atoms with van der Waals surface area (Å²) in [4.78, 5) is 13.8. The molecule has 2 heterocycles. The molecule has 0 N–H and O–H groups in total. The molecule has 1 aliphatic heterocycles. The summed E-state index contributed by atoms with van der Waals surface area (Å²) in [6.07, 6.45) is 5.74. The molecule has 0 aromatic carbocycles. The van der Waals surface area contributed by atoms with Crippen molar-refractivity contribution in [2.24, 2.45) is 7.05 Å². The van der Waals surface area contributed by atoms with Crippen LogP contribution in [0.4, 0.5) is 4.79 Å². The SMILES string of the molecule is Cn1cc(C2CCN(C(=O)OC(C)(C)C)CC2)cn1. The van der Waals surface area contributed by atoms with Crippen LogP contribution in [0.5, 0.6) is 0 Å². The highest BCUT2D eigenvalue weighted by Crippen LogP contribution is 2.28. The van der Waals surface area contributed by atoms with Crippen LogP contribution < -0.4 is 0 Å². The van der Waals surface area contributed by atoms with Crippen LogP contribution in [0.2, 0.25) is 0 Å². The first-order valence-electron chi connectivity index (χ1n) is 6.81. The molecule has 1 aromatic rings. The zero-order valence-electron chi connectivity index (χ0n) is 12.2. The van der Waals surface area contributed by atoms with Crippen molar-refractivity contribution >= 4 is 6.09 Å². The van der Waals surface area contributed by atoms with Crippen LogP contribution in [0.3, 0.4) is 0 Å². The lowest BCUT2D eigenvalue weighted by Gasteiger charge is -2.33. The second-order valence-electron chi connectivity index (χ2n) is 6.19. The average molecular weight is 265 g/mol. The van der Waals surface area contributed by atoms with E-state index in [0.717, 1.165) is 25.9 Å². The molecule has 5 heteroatoms.